The second kappa shape index (κ2) is 10.6. The number of halogens is 1. The number of carbonyl (C=O) groups excluding carboxylic acids is 1. The Hall–Kier alpha value is -4.25. The van der Waals surface area contributed by atoms with Crippen molar-refractivity contribution in [1.82, 2.24) is 19.7 Å². The van der Waals surface area contributed by atoms with Crippen LogP contribution in [0.1, 0.15) is 27.2 Å². The quantitative estimate of drug-likeness (QED) is 0.342. The fraction of sp³-hybridized carbons (Fsp3) is 0.160. The van der Waals surface area contributed by atoms with E-state index in [1.165, 1.54) is 6.20 Å². The van der Waals surface area contributed by atoms with Gasteiger partial charge in [-0.2, -0.15) is 9.78 Å². The minimum atomic E-state index is -0.965. The minimum Gasteiger partial charge on any atom is -0.496 e. The second-order valence-electron chi connectivity index (χ2n) is 7.76. The van der Waals surface area contributed by atoms with E-state index in [0.717, 1.165) is 9.15 Å². The third-order valence-electron chi connectivity index (χ3n) is 5.15. The van der Waals surface area contributed by atoms with Gasteiger partial charge in [-0.05, 0) is 77.3 Å². The molecule has 4 aromatic rings. The lowest BCUT2D eigenvalue weighted by Crippen LogP contribution is -2.36. The van der Waals surface area contributed by atoms with E-state index in [4.69, 9.17) is 14.2 Å². The van der Waals surface area contributed by atoms with Crippen molar-refractivity contribution >= 4 is 21.9 Å². The Kier molecular flexibility index (Phi) is 7.30. The number of rotatable bonds is 7. The molecule has 0 saturated carbocycles. The van der Waals surface area contributed by atoms with Crippen LogP contribution in [0.2, 0.25) is 0 Å². The standard InChI is InChI=1S/C25H21BrN4O6/c1-14-9-17(10-15(2)22(14)36-18-6-7-20(34-3)19(26)11-18)30-25(33)28-23(31)21(29-30)24(32)35-13-16-5-4-8-27-12-16/h4-12H,13H2,1-3H3,(H,28,31,33). The summed E-state index contributed by atoms with van der Waals surface area (Å²) in [5, 5.41) is 3.99. The lowest BCUT2D eigenvalue weighted by Gasteiger charge is -2.15. The number of esters is 1. The van der Waals surface area contributed by atoms with Gasteiger partial charge in [0.1, 0.15) is 23.9 Å². The van der Waals surface area contributed by atoms with Gasteiger partial charge in [0.25, 0.3) is 5.56 Å². The van der Waals surface area contributed by atoms with Gasteiger partial charge in [0, 0.05) is 18.0 Å². The van der Waals surface area contributed by atoms with Crippen molar-refractivity contribution in [3.05, 3.63) is 103 Å². The highest BCUT2D eigenvalue weighted by Gasteiger charge is 2.19. The molecule has 0 unspecified atom stereocenters. The molecule has 11 heteroatoms. The number of methoxy groups -OCH3 is 1. The van der Waals surface area contributed by atoms with Gasteiger partial charge in [0.2, 0.25) is 5.69 Å². The number of aromatic nitrogens is 4. The van der Waals surface area contributed by atoms with Gasteiger partial charge >= 0.3 is 11.7 Å². The fourth-order valence-corrected chi connectivity index (χ4v) is 3.97. The largest absolute Gasteiger partial charge is 0.496 e. The first kappa shape index (κ1) is 24.9. The van der Waals surface area contributed by atoms with Crippen molar-refractivity contribution in [1.29, 1.82) is 0 Å². The van der Waals surface area contributed by atoms with Crippen LogP contribution in [-0.2, 0) is 11.3 Å². The molecule has 0 aliphatic heterocycles. The molecule has 0 aliphatic rings. The summed E-state index contributed by atoms with van der Waals surface area (Å²) in [6, 6.07) is 12.1. The summed E-state index contributed by atoms with van der Waals surface area (Å²) < 4.78 is 18.2. The van der Waals surface area contributed by atoms with Crippen LogP contribution >= 0.6 is 15.9 Å². The van der Waals surface area contributed by atoms with Crippen LogP contribution in [0.3, 0.4) is 0 Å². The molecule has 0 atom stereocenters. The lowest BCUT2D eigenvalue weighted by atomic mass is 10.1. The number of nitrogens with zero attached hydrogens (tertiary/aromatic N) is 3. The Morgan fingerprint density at radius 3 is 2.50 bits per heavy atom. The number of benzene rings is 2. The number of ether oxygens (including phenoxy) is 3. The van der Waals surface area contributed by atoms with E-state index in [9.17, 15) is 14.4 Å². The SMILES string of the molecule is COc1ccc(Oc2c(C)cc(-n3nc(C(=O)OCc4cccnc4)c(=O)[nH]c3=O)cc2C)cc1Br. The molecule has 2 aromatic heterocycles. The zero-order chi connectivity index (χ0) is 25.8. The van der Waals surface area contributed by atoms with Crippen molar-refractivity contribution in [3.8, 4) is 22.9 Å². The summed E-state index contributed by atoms with van der Waals surface area (Å²) in [6.07, 6.45) is 3.12. The topological polar surface area (TPSA) is 125 Å². The zero-order valence-corrected chi connectivity index (χ0v) is 21.2. The van der Waals surface area contributed by atoms with Crippen LogP contribution in [-0.4, -0.2) is 32.8 Å². The molecule has 0 amide bonds. The van der Waals surface area contributed by atoms with Gasteiger partial charge in [-0.15, -0.1) is 0 Å². The Morgan fingerprint density at radius 1 is 1.11 bits per heavy atom. The van der Waals surface area contributed by atoms with Crippen molar-refractivity contribution in [2.75, 3.05) is 7.11 Å². The summed E-state index contributed by atoms with van der Waals surface area (Å²) >= 11 is 3.44. The number of H-pyrrole nitrogens is 1. The third-order valence-corrected chi connectivity index (χ3v) is 5.77. The maximum atomic E-state index is 12.5. The van der Waals surface area contributed by atoms with Gasteiger partial charge in [-0.25, -0.2) is 9.59 Å². The number of aryl methyl sites for hydroxylation is 2. The number of nitrogens with one attached hydrogen (secondary N) is 1. The maximum Gasteiger partial charge on any atom is 0.364 e. The molecule has 4 rings (SSSR count). The van der Waals surface area contributed by atoms with Crippen LogP contribution in [0.25, 0.3) is 5.69 Å². The average Bonchev–Trinajstić information content (AvgIpc) is 2.85. The predicted molar refractivity (Wildman–Crippen MR) is 134 cm³/mol. The van der Waals surface area contributed by atoms with Gasteiger partial charge in [0.05, 0.1) is 17.3 Å². The number of carbonyl (C=O) groups is 1. The molecule has 184 valence electrons. The van der Waals surface area contributed by atoms with Gasteiger partial charge < -0.3 is 14.2 Å². The Labute approximate surface area is 213 Å². The van der Waals surface area contributed by atoms with Crippen LogP contribution in [0.5, 0.6) is 17.2 Å². The smallest absolute Gasteiger partial charge is 0.364 e. The monoisotopic (exact) mass is 552 g/mol. The first-order chi connectivity index (χ1) is 17.3. The highest BCUT2D eigenvalue weighted by atomic mass is 79.9. The molecule has 0 fully saturated rings. The number of aromatic amines is 1. The molecule has 36 heavy (non-hydrogen) atoms. The molecule has 0 spiro atoms. The zero-order valence-electron chi connectivity index (χ0n) is 19.6. The first-order valence-electron chi connectivity index (χ1n) is 10.7. The highest BCUT2D eigenvalue weighted by molar-refractivity contribution is 9.10. The van der Waals surface area contributed by atoms with Crippen molar-refractivity contribution < 1.29 is 19.0 Å². The van der Waals surface area contributed by atoms with Crippen LogP contribution < -0.4 is 20.7 Å². The molecule has 0 bridgehead atoms. The predicted octanol–water partition coefficient (Wildman–Crippen LogP) is 3.85. The molecule has 10 nitrogen and oxygen atoms in total. The summed E-state index contributed by atoms with van der Waals surface area (Å²) in [5.74, 6) is 0.876. The molecule has 2 aromatic carbocycles. The van der Waals surface area contributed by atoms with E-state index < -0.39 is 22.9 Å². The number of hydrogen-bond donors (Lipinski definition) is 1. The fourth-order valence-electron chi connectivity index (χ4n) is 3.45. The van der Waals surface area contributed by atoms with E-state index in [-0.39, 0.29) is 6.61 Å². The van der Waals surface area contributed by atoms with Crippen LogP contribution in [0, 0.1) is 13.8 Å². The summed E-state index contributed by atoms with van der Waals surface area (Å²) in [6.45, 7) is 3.52. The van der Waals surface area contributed by atoms with Crippen molar-refractivity contribution in [2.24, 2.45) is 0 Å². The van der Waals surface area contributed by atoms with E-state index >= 15 is 0 Å². The molecular formula is C25H21BrN4O6. The minimum absolute atomic E-state index is 0.0986. The summed E-state index contributed by atoms with van der Waals surface area (Å²) in [7, 11) is 1.58. The molecular weight excluding hydrogens is 532 g/mol. The highest BCUT2D eigenvalue weighted by Crippen LogP contribution is 2.34. The van der Waals surface area contributed by atoms with Gasteiger partial charge in [-0.3, -0.25) is 14.8 Å². The Bertz CT molecular complexity index is 1530. The molecule has 0 saturated heterocycles. The Morgan fingerprint density at radius 2 is 1.86 bits per heavy atom. The molecule has 1 N–H and O–H groups in total. The maximum absolute atomic E-state index is 12.5. The normalized spacial score (nSPS) is 10.7. The third kappa shape index (κ3) is 5.36. The number of pyridine rings is 1. The first-order valence-corrected chi connectivity index (χ1v) is 11.5. The average molecular weight is 553 g/mol. The summed E-state index contributed by atoms with van der Waals surface area (Å²) in [4.78, 5) is 43.4. The molecule has 2 heterocycles. The van der Waals surface area contributed by atoms with Crippen molar-refractivity contribution in [3.63, 3.8) is 0 Å². The van der Waals surface area contributed by atoms with E-state index in [1.54, 1.807) is 55.8 Å². The van der Waals surface area contributed by atoms with Crippen LogP contribution in [0.15, 0.2) is 68.9 Å². The second-order valence-corrected chi connectivity index (χ2v) is 8.62. The van der Waals surface area contributed by atoms with Crippen LogP contribution in [0.4, 0.5) is 0 Å². The summed E-state index contributed by atoms with van der Waals surface area (Å²) in [5.41, 5.74) is 0.116. The lowest BCUT2D eigenvalue weighted by molar-refractivity contribution is 0.0460. The van der Waals surface area contributed by atoms with E-state index in [2.05, 4.69) is 31.0 Å². The Balaban J connectivity index is 1.63. The van der Waals surface area contributed by atoms with Gasteiger partial charge in [0.15, 0.2) is 0 Å². The molecule has 0 aliphatic carbocycles. The molecule has 0 radical (unpaired) electrons. The van der Waals surface area contributed by atoms with E-state index in [1.807, 2.05) is 13.8 Å². The van der Waals surface area contributed by atoms with Gasteiger partial charge in [-0.1, -0.05) is 6.07 Å². The number of hydrogen-bond acceptors (Lipinski definition) is 8. The van der Waals surface area contributed by atoms with Crippen molar-refractivity contribution in [2.45, 2.75) is 20.5 Å². The van der Waals surface area contributed by atoms with E-state index in [0.29, 0.717) is 39.6 Å².